The Morgan fingerprint density at radius 2 is 1.95 bits per heavy atom. The summed E-state index contributed by atoms with van der Waals surface area (Å²) in [6, 6.07) is 4.43. The maximum atomic E-state index is 12.6. The van der Waals surface area contributed by atoms with E-state index in [0.717, 1.165) is 37.8 Å². The van der Waals surface area contributed by atoms with E-state index >= 15 is 0 Å². The Kier molecular flexibility index (Phi) is 4.28. The molecule has 20 heavy (non-hydrogen) atoms. The van der Waals surface area contributed by atoms with Crippen LogP contribution in [0.15, 0.2) is 24.3 Å². The molecule has 110 valence electrons. The summed E-state index contributed by atoms with van der Waals surface area (Å²) in [5, 5.41) is 2.80. The number of carbonyl (C=O) groups is 1. The predicted molar refractivity (Wildman–Crippen MR) is 70.8 cm³/mol. The fourth-order valence-corrected chi connectivity index (χ4v) is 2.83. The van der Waals surface area contributed by atoms with Gasteiger partial charge in [0.2, 0.25) is 0 Å². The average molecular weight is 306 g/mol. The molecule has 1 N–H and O–H groups in total. The van der Waals surface area contributed by atoms with Crippen molar-refractivity contribution < 1.29 is 18.0 Å². The van der Waals surface area contributed by atoms with E-state index in [-0.39, 0.29) is 11.4 Å². The number of hydrogen-bond donors (Lipinski definition) is 1. The van der Waals surface area contributed by atoms with Gasteiger partial charge in [0.05, 0.1) is 11.1 Å². The van der Waals surface area contributed by atoms with Crippen LogP contribution in [0, 0.1) is 0 Å². The molecule has 2 rings (SSSR count). The zero-order valence-electron chi connectivity index (χ0n) is 10.8. The quantitative estimate of drug-likeness (QED) is 0.841. The third kappa shape index (κ3) is 3.26. The number of hydrogen-bond acceptors (Lipinski definition) is 1. The van der Waals surface area contributed by atoms with E-state index in [4.69, 9.17) is 11.6 Å². The SMILES string of the molecule is O=C(NC1(CCl)CCCC1)c1cccc(C(F)(F)F)c1. The van der Waals surface area contributed by atoms with E-state index < -0.39 is 23.2 Å². The number of benzene rings is 1. The van der Waals surface area contributed by atoms with Gasteiger partial charge < -0.3 is 5.32 Å². The summed E-state index contributed by atoms with van der Waals surface area (Å²) in [5.41, 5.74) is -1.29. The molecule has 0 saturated heterocycles. The number of amides is 1. The van der Waals surface area contributed by atoms with Crippen molar-refractivity contribution in [3.63, 3.8) is 0 Å². The molecule has 1 aliphatic carbocycles. The maximum Gasteiger partial charge on any atom is 0.416 e. The molecule has 0 bridgehead atoms. The normalized spacial score (nSPS) is 18.0. The zero-order valence-corrected chi connectivity index (χ0v) is 11.5. The van der Waals surface area contributed by atoms with Crippen molar-refractivity contribution in [2.24, 2.45) is 0 Å². The third-order valence-electron chi connectivity index (χ3n) is 3.65. The minimum atomic E-state index is -4.45. The van der Waals surface area contributed by atoms with E-state index in [2.05, 4.69) is 5.32 Å². The molecule has 6 heteroatoms. The highest BCUT2D eigenvalue weighted by Gasteiger charge is 2.35. The Morgan fingerprint density at radius 3 is 2.50 bits per heavy atom. The Balaban J connectivity index is 2.17. The van der Waals surface area contributed by atoms with Crippen LogP contribution in [-0.2, 0) is 6.18 Å². The molecular formula is C14H15ClF3NO. The van der Waals surface area contributed by atoms with Gasteiger partial charge in [-0.1, -0.05) is 18.9 Å². The lowest BCUT2D eigenvalue weighted by Gasteiger charge is -2.28. The van der Waals surface area contributed by atoms with Crippen LogP contribution in [0.1, 0.15) is 41.6 Å². The zero-order chi connectivity index (χ0) is 14.8. The van der Waals surface area contributed by atoms with Gasteiger partial charge in [-0.3, -0.25) is 4.79 Å². The lowest BCUT2D eigenvalue weighted by Crippen LogP contribution is -2.47. The second-order valence-electron chi connectivity index (χ2n) is 5.15. The van der Waals surface area contributed by atoms with Crippen molar-refractivity contribution in [1.82, 2.24) is 5.32 Å². The first kappa shape index (κ1) is 15.2. The Hall–Kier alpha value is -1.23. The second kappa shape index (κ2) is 5.64. The van der Waals surface area contributed by atoms with Crippen LogP contribution < -0.4 is 5.32 Å². The summed E-state index contributed by atoms with van der Waals surface area (Å²) in [6.07, 6.45) is -0.985. The molecular weight excluding hydrogens is 291 g/mol. The van der Waals surface area contributed by atoms with Gasteiger partial charge >= 0.3 is 6.18 Å². The van der Waals surface area contributed by atoms with Crippen LogP contribution in [0.4, 0.5) is 13.2 Å². The van der Waals surface area contributed by atoms with E-state index in [9.17, 15) is 18.0 Å². The van der Waals surface area contributed by atoms with Crippen LogP contribution in [0.3, 0.4) is 0 Å². The van der Waals surface area contributed by atoms with Gasteiger partial charge in [-0.25, -0.2) is 0 Å². The molecule has 0 aromatic heterocycles. The number of halogens is 4. The first-order valence-electron chi connectivity index (χ1n) is 6.42. The summed E-state index contributed by atoms with van der Waals surface area (Å²) in [7, 11) is 0. The lowest BCUT2D eigenvalue weighted by molar-refractivity contribution is -0.137. The monoisotopic (exact) mass is 305 g/mol. The predicted octanol–water partition coefficient (Wildman–Crippen LogP) is 3.99. The smallest absolute Gasteiger partial charge is 0.345 e. The van der Waals surface area contributed by atoms with Crippen LogP contribution in [-0.4, -0.2) is 17.3 Å². The standard InChI is InChI=1S/C14H15ClF3NO/c15-9-13(6-1-2-7-13)19-12(20)10-4-3-5-11(8-10)14(16,17)18/h3-5,8H,1-2,6-7,9H2,(H,19,20). The van der Waals surface area contributed by atoms with E-state index in [1.165, 1.54) is 12.1 Å². The van der Waals surface area contributed by atoms with Crippen molar-refractivity contribution in [3.8, 4) is 0 Å². The van der Waals surface area contributed by atoms with Gasteiger partial charge in [0.25, 0.3) is 5.91 Å². The average Bonchev–Trinajstić information content (AvgIpc) is 2.87. The molecule has 2 nitrogen and oxygen atoms in total. The molecule has 1 aromatic carbocycles. The number of rotatable bonds is 3. The maximum absolute atomic E-state index is 12.6. The number of alkyl halides is 4. The van der Waals surface area contributed by atoms with Crippen LogP contribution in [0.2, 0.25) is 0 Å². The Morgan fingerprint density at radius 1 is 1.30 bits per heavy atom. The molecule has 0 heterocycles. The topological polar surface area (TPSA) is 29.1 Å². The van der Waals surface area contributed by atoms with Gasteiger partial charge in [0.1, 0.15) is 0 Å². The molecule has 1 saturated carbocycles. The van der Waals surface area contributed by atoms with Gasteiger partial charge in [-0.2, -0.15) is 13.2 Å². The largest absolute Gasteiger partial charge is 0.416 e. The molecule has 0 radical (unpaired) electrons. The minimum absolute atomic E-state index is 0.0104. The minimum Gasteiger partial charge on any atom is -0.345 e. The fraction of sp³-hybridized carbons (Fsp3) is 0.500. The molecule has 0 spiro atoms. The van der Waals surface area contributed by atoms with Gasteiger partial charge in [0.15, 0.2) is 0 Å². The van der Waals surface area contributed by atoms with Gasteiger partial charge in [-0.15, -0.1) is 11.6 Å². The number of nitrogens with one attached hydrogen (secondary N) is 1. The van der Waals surface area contributed by atoms with Crippen molar-refractivity contribution in [3.05, 3.63) is 35.4 Å². The highest BCUT2D eigenvalue weighted by Crippen LogP contribution is 2.32. The first-order chi connectivity index (χ1) is 9.36. The molecule has 1 aromatic rings. The van der Waals surface area contributed by atoms with Gasteiger partial charge in [-0.05, 0) is 31.0 Å². The van der Waals surface area contributed by atoms with E-state index in [1.54, 1.807) is 0 Å². The highest BCUT2D eigenvalue weighted by molar-refractivity contribution is 6.19. The van der Waals surface area contributed by atoms with Gasteiger partial charge in [0, 0.05) is 11.4 Å². The van der Waals surface area contributed by atoms with E-state index in [1.807, 2.05) is 0 Å². The van der Waals surface area contributed by atoms with Crippen LogP contribution in [0.25, 0.3) is 0 Å². The van der Waals surface area contributed by atoms with Crippen molar-refractivity contribution in [1.29, 1.82) is 0 Å². The molecule has 0 atom stereocenters. The Bertz CT molecular complexity index is 495. The molecule has 0 unspecified atom stereocenters. The molecule has 0 aliphatic heterocycles. The molecule has 1 amide bonds. The summed E-state index contributed by atoms with van der Waals surface area (Å²) in [5.74, 6) is -0.226. The summed E-state index contributed by atoms with van der Waals surface area (Å²) >= 11 is 5.91. The van der Waals surface area contributed by atoms with E-state index in [0.29, 0.717) is 0 Å². The fourth-order valence-electron chi connectivity index (χ4n) is 2.49. The molecule has 1 fully saturated rings. The van der Waals surface area contributed by atoms with Crippen molar-refractivity contribution in [2.45, 2.75) is 37.4 Å². The molecule has 1 aliphatic rings. The first-order valence-corrected chi connectivity index (χ1v) is 6.95. The number of carbonyl (C=O) groups excluding carboxylic acids is 1. The summed E-state index contributed by atoms with van der Waals surface area (Å²) < 4.78 is 37.9. The second-order valence-corrected chi connectivity index (χ2v) is 5.42. The Labute approximate surface area is 120 Å². The van der Waals surface area contributed by atoms with Crippen LogP contribution in [0.5, 0.6) is 0 Å². The van der Waals surface area contributed by atoms with Crippen molar-refractivity contribution >= 4 is 17.5 Å². The highest BCUT2D eigenvalue weighted by atomic mass is 35.5. The third-order valence-corrected chi connectivity index (χ3v) is 4.16. The lowest BCUT2D eigenvalue weighted by atomic mass is 9.99. The summed E-state index contributed by atoms with van der Waals surface area (Å²) in [4.78, 5) is 12.1. The summed E-state index contributed by atoms with van der Waals surface area (Å²) in [6.45, 7) is 0. The van der Waals surface area contributed by atoms with Crippen LogP contribution >= 0.6 is 11.6 Å². The van der Waals surface area contributed by atoms with Crippen molar-refractivity contribution in [2.75, 3.05) is 5.88 Å².